The summed E-state index contributed by atoms with van der Waals surface area (Å²) in [6, 6.07) is 3.16. The molecule has 1 heterocycles. The molecule has 14 heavy (non-hydrogen) atoms. The second kappa shape index (κ2) is 3.46. The minimum atomic E-state index is -0.318. The molecule has 0 aromatic heterocycles. The van der Waals surface area contributed by atoms with E-state index < -0.39 is 0 Å². The summed E-state index contributed by atoms with van der Waals surface area (Å²) in [6.45, 7) is 0.807. The Morgan fingerprint density at radius 3 is 3.00 bits per heavy atom. The minimum absolute atomic E-state index is 0.251. The monoisotopic (exact) mass is 196 g/mol. The molecule has 0 atom stereocenters. The Bertz CT molecular complexity index is 354. The Balaban J connectivity index is 2.49. The second-order valence-corrected chi connectivity index (χ2v) is 3.41. The third kappa shape index (κ3) is 1.42. The van der Waals surface area contributed by atoms with Crippen molar-refractivity contribution in [3.05, 3.63) is 23.5 Å². The van der Waals surface area contributed by atoms with Gasteiger partial charge in [-0.15, -0.1) is 0 Å². The number of nitrogens with two attached hydrogens (primary N) is 1. The van der Waals surface area contributed by atoms with Crippen LogP contribution in [0.25, 0.3) is 0 Å². The van der Waals surface area contributed by atoms with Crippen molar-refractivity contribution >= 4 is 5.69 Å². The van der Waals surface area contributed by atoms with Crippen LogP contribution < -0.4 is 15.6 Å². The van der Waals surface area contributed by atoms with E-state index in [1.54, 1.807) is 11.1 Å². The molecular weight excluding hydrogens is 183 g/mol. The Kier molecular flexibility index (Phi) is 2.29. The lowest BCUT2D eigenvalue weighted by molar-refractivity contribution is 0.386. The molecule has 0 amide bonds. The molecule has 0 saturated heterocycles. The molecule has 0 saturated carbocycles. The van der Waals surface area contributed by atoms with Gasteiger partial charge in [0.1, 0.15) is 0 Å². The van der Waals surface area contributed by atoms with Crippen molar-refractivity contribution in [2.24, 2.45) is 5.84 Å². The molecule has 0 bridgehead atoms. The Hall–Kier alpha value is -1.29. The van der Waals surface area contributed by atoms with E-state index in [-0.39, 0.29) is 11.6 Å². The van der Waals surface area contributed by atoms with Gasteiger partial charge in [-0.05, 0) is 24.5 Å². The molecule has 0 radical (unpaired) electrons. The molecule has 1 aromatic carbocycles. The van der Waals surface area contributed by atoms with Crippen LogP contribution in [0.1, 0.15) is 12.0 Å². The lowest BCUT2D eigenvalue weighted by Gasteiger charge is -2.27. The molecule has 2 rings (SSSR count). The summed E-state index contributed by atoms with van der Waals surface area (Å²) in [5, 5.41) is 1.64. The summed E-state index contributed by atoms with van der Waals surface area (Å²) in [5.74, 6) is 5.71. The second-order valence-electron chi connectivity index (χ2n) is 3.41. The molecule has 1 aromatic rings. The molecule has 76 valence electrons. The van der Waals surface area contributed by atoms with Gasteiger partial charge in [0, 0.05) is 12.6 Å². The molecule has 0 spiro atoms. The molecule has 0 aliphatic carbocycles. The lowest BCUT2D eigenvalue weighted by Crippen LogP contribution is -2.35. The van der Waals surface area contributed by atoms with Gasteiger partial charge in [-0.2, -0.15) is 0 Å². The largest absolute Gasteiger partial charge is 0.494 e. The zero-order valence-electron chi connectivity index (χ0n) is 8.09. The van der Waals surface area contributed by atoms with Crippen molar-refractivity contribution in [1.82, 2.24) is 0 Å². The highest BCUT2D eigenvalue weighted by Crippen LogP contribution is 2.31. The van der Waals surface area contributed by atoms with E-state index in [0.29, 0.717) is 0 Å². The van der Waals surface area contributed by atoms with Crippen molar-refractivity contribution < 1.29 is 9.13 Å². The van der Waals surface area contributed by atoms with Gasteiger partial charge in [0.05, 0.1) is 12.8 Å². The fourth-order valence-corrected chi connectivity index (χ4v) is 1.77. The van der Waals surface area contributed by atoms with Crippen LogP contribution in [-0.4, -0.2) is 13.7 Å². The van der Waals surface area contributed by atoms with E-state index >= 15 is 0 Å². The molecule has 3 nitrogen and oxygen atoms in total. The van der Waals surface area contributed by atoms with Crippen LogP contribution in [0, 0.1) is 5.82 Å². The van der Waals surface area contributed by atoms with Gasteiger partial charge in [-0.25, -0.2) is 10.2 Å². The van der Waals surface area contributed by atoms with E-state index in [1.807, 2.05) is 0 Å². The molecular formula is C10H13FN2O. The highest BCUT2D eigenvalue weighted by atomic mass is 19.1. The van der Waals surface area contributed by atoms with E-state index in [2.05, 4.69) is 0 Å². The van der Waals surface area contributed by atoms with Gasteiger partial charge in [-0.3, -0.25) is 0 Å². The van der Waals surface area contributed by atoms with Crippen molar-refractivity contribution in [2.75, 3.05) is 18.7 Å². The zero-order valence-corrected chi connectivity index (χ0v) is 8.09. The number of hydrogen-bond acceptors (Lipinski definition) is 3. The third-order valence-corrected chi connectivity index (χ3v) is 2.51. The SMILES string of the molecule is COc1cc2c(cc1F)CCCN2N. The average molecular weight is 196 g/mol. The van der Waals surface area contributed by atoms with Crippen LogP contribution in [0.5, 0.6) is 5.75 Å². The average Bonchev–Trinajstić information content (AvgIpc) is 2.17. The predicted octanol–water partition coefficient (Wildman–Crippen LogP) is 1.46. The molecule has 4 heteroatoms. The first kappa shape index (κ1) is 9.27. The van der Waals surface area contributed by atoms with Gasteiger partial charge in [0.25, 0.3) is 0 Å². The Labute approximate surface area is 82.2 Å². The summed E-state index contributed by atoms with van der Waals surface area (Å²) in [4.78, 5) is 0. The van der Waals surface area contributed by atoms with Crippen molar-refractivity contribution in [3.8, 4) is 5.75 Å². The number of nitrogens with zero attached hydrogens (tertiary/aromatic N) is 1. The lowest BCUT2D eigenvalue weighted by atomic mass is 10.0. The van der Waals surface area contributed by atoms with Gasteiger partial charge in [0.2, 0.25) is 0 Å². The summed E-state index contributed by atoms with van der Waals surface area (Å²) < 4.78 is 18.2. The normalized spacial score (nSPS) is 15.2. The van der Waals surface area contributed by atoms with Gasteiger partial charge in [-0.1, -0.05) is 0 Å². The van der Waals surface area contributed by atoms with Crippen molar-refractivity contribution in [1.29, 1.82) is 0 Å². The Morgan fingerprint density at radius 1 is 1.50 bits per heavy atom. The summed E-state index contributed by atoms with van der Waals surface area (Å²) in [6.07, 6.45) is 1.85. The number of benzene rings is 1. The van der Waals surface area contributed by atoms with Crippen LogP contribution >= 0.6 is 0 Å². The van der Waals surface area contributed by atoms with Gasteiger partial charge >= 0.3 is 0 Å². The zero-order chi connectivity index (χ0) is 10.1. The minimum Gasteiger partial charge on any atom is -0.494 e. The van der Waals surface area contributed by atoms with Crippen molar-refractivity contribution in [2.45, 2.75) is 12.8 Å². The fourth-order valence-electron chi connectivity index (χ4n) is 1.77. The van der Waals surface area contributed by atoms with E-state index in [0.717, 1.165) is 30.6 Å². The third-order valence-electron chi connectivity index (χ3n) is 2.51. The Morgan fingerprint density at radius 2 is 2.29 bits per heavy atom. The van der Waals surface area contributed by atoms with Crippen LogP contribution in [0.4, 0.5) is 10.1 Å². The maximum Gasteiger partial charge on any atom is 0.165 e. The van der Waals surface area contributed by atoms with Crippen molar-refractivity contribution in [3.63, 3.8) is 0 Å². The molecule has 1 aliphatic rings. The van der Waals surface area contributed by atoms with E-state index in [9.17, 15) is 4.39 Å². The first-order valence-corrected chi connectivity index (χ1v) is 4.61. The van der Waals surface area contributed by atoms with Crippen LogP contribution in [-0.2, 0) is 6.42 Å². The van der Waals surface area contributed by atoms with Crippen LogP contribution in [0.15, 0.2) is 12.1 Å². The standard InChI is InChI=1S/C10H13FN2O/c1-14-10-6-9-7(5-8(10)11)3-2-4-13(9)12/h5-6H,2-4,12H2,1H3. The fraction of sp³-hybridized carbons (Fsp3) is 0.400. The molecule has 2 N–H and O–H groups in total. The van der Waals surface area contributed by atoms with E-state index in [4.69, 9.17) is 10.6 Å². The smallest absolute Gasteiger partial charge is 0.165 e. The number of ether oxygens (including phenoxy) is 1. The highest BCUT2D eigenvalue weighted by Gasteiger charge is 2.17. The topological polar surface area (TPSA) is 38.5 Å². The molecule has 0 fully saturated rings. The van der Waals surface area contributed by atoms with Gasteiger partial charge < -0.3 is 9.75 Å². The number of methoxy groups -OCH3 is 1. The van der Waals surface area contributed by atoms with E-state index in [1.165, 1.54) is 13.2 Å². The maximum atomic E-state index is 13.3. The predicted molar refractivity (Wildman–Crippen MR) is 52.8 cm³/mol. The number of halogens is 1. The van der Waals surface area contributed by atoms with Gasteiger partial charge in [0.15, 0.2) is 11.6 Å². The first-order chi connectivity index (χ1) is 6.72. The number of hydrogen-bond donors (Lipinski definition) is 1. The quantitative estimate of drug-likeness (QED) is 0.691. The maximum absolute atomic E-state index is 13.3. The number of rotatable bonds is 1. The number of hydrazine groups is 1. The van der Waals surface area contributed by atoms with Crippen LogP contribution in [0.2, 0.25) is 0 Å². The first-order valence-electron chi connectivity index (χ1n) is 4.61. The number of anilines is 1. The van der Waals surface area contributed by atoms with Crippen LogP contribution in [0.3, 0.4) is 0 Å². The summed E-state index contributed by atoms with van der Waals surface area (Å²) >= 11 is 0. The summed E-state index contributed by atoms with van der Waals surface area (Å²) in [5.41, 5.74) is 1.83. The molecule has 0 unspecified atom stereocenters. The summed E-state index contributed by atoms with van der Waals surface area (Å²) in [7, 11) is 1.45. The number of fused-ring (bicyclic) bond motifs is 1. The number of aryl methyl sites for hydroxylation is 1. The molecule has 1 aliphatic heterocycles. The highest BCUT2D eigenvalue weighted by molar-refractivity contribution is 5.58.